The van der Waals surface area contributed by atoms with Gasteiger partial charge in [-0.15, -0.1) is 0 Å². The molecule has 0 saturated carbocycles. The largest absolute Gasteiger partial charge is 0.330 e. The van der Waals surface area contributed by atoms with Crippen molar-refractivity contribution in [1.29, 1.82) is 0 Å². The van der Waals surface area contributed by atoms with Crippen LogP contribution >= 0.6 is 15.9 Å². The molecule has 18 heavy (non-hydrogen) atoms. The minimum atomic E-state index is -0.199. The summed E-state index contributed by atoms with van der Waals surface area (Å²) in [4.78, 5) is 0. The van der Waals surface area contributed by atoms with E-state index in [2.05, 4.69) is 22.0 Å². The summed E-state index contributed by atoms with van der Waals surface area (Å²) in [6.07, 6.45) is 0.747. The molecule has 0 spiro atoms. The SMILES string of the molecule is NCC(Cc1cccc(F)c1)c1ccccc1Br. The molecule has 0 radical (unpaired) electrons. The van der Waals surface area contributed by atoms with Crippen LogP contribution in [0.2, 0.25) is 0 Å². The van der Waals surface area contributed by atoms with Crippen LogP contribution < -0.4 is 5.73 Å². The van der Waals surface area contributed by atoms with E-state index in [9.17, 15) is 4.39 Å². The van der Waals surface area contributed by atoms with Gasteiger partial charge in [-0.05, 0) is 42.3 Å². The van der Waals surface area contributed by atoms with Gasteiger partial charge in [0.15, 0.2) is 0 Å². The van der Waals surface area contributed by atoms with Crippen molar-refractivity contribution in [3.05, 3.63) is 69.9 Å². The van der Waals surface area contributed by atoms with Crippen LogP contribution in [0.3, 0.4) is 0 Å². The normalized spacial score (nSPS) is 12.4. The summed E-state index contributed by atoms with van der Waals surface area (Å²) in [6, 6.07) is 14.7. The monoisotopic (exact) mass is 307 g/mol. The summed E-state index contributed by atoms with van der Waals surface area (Å²) in [7, 11) is 0. The molecule has 2 N–H and O–H groups in total. The van der Waals surface area contributed by atoms with E-state index in [-0.39, 0.29) is 11.7 Å². The van der Waals surface area contributed by atoms with Gasteiger partial charge >= 0.3 is 0 Å². The summed E-state index contributed by atoms with van der Waals surface area (Å²) >= 11 is 3.54. The van der Waals surface area contributed by atoms with Gasteiger partial charge < -0.3 is 5.73 Å². The van der Waals surface area contributed by atoms with Crippen LogP contribution in [0.4, 0.5) is 4.39 Å². The predicted molar refractivity (Wildman–Crippen MR) is 76.0 cm³/mol. The molecule has 0 aromatic heterocycles. The molecule has 1 nitrogen and oxygen atoms in total. The van der Waals surface area contributed by atoms with E-state index < -0.39 is 0 Å². The van der Waals surface area contributed by atoms with Crippen LogP contribution in [0.15, 0.2) is 53.0 Å². The number of benzene rings is 2. The highest BCUT2D eigenvalue weighted by Crippen LogP contribution is 2.27. The van der Waals surface area contributed by atoms with Crippen LogP contribution in [0.1, 0.15) is 17.0 Å². The Hall–Kier alpha value is -1.19. The second-order valence-corrected chi connectivity index (χ2v) is 5.14. The summed E-state index contributed by atoms with van der Waals surface area (Å²) in [6.45, 7) is 0.541. The van der Waals surface area contributed by atoms with Crippen molar-refractivity contribution in [3.63, 3.8) is 0 Å². The third kappa shape index (κ3) is 3.18. The van der Waals surface area contributed by atoms with Crippen molar-refractivity contribution in [2.24, 2.45) is 5.73 Å². The molecule has 0 bridgehead atoms. The van der Waals surface area contributed by atoms with Crippen LogP contribution in [-0.2, 0) is 6.42 Å². The van der Waals surface area contributed by atoms with Gasteiger partial charge in [0.2, 0.25) is 0 Å². The zero-order valence-electron chi connectivity index (χ0n) is 9.94. The van der Waals surface area contributed by atoms with Crippen molar-refractivity contribution < 1.29 is 4.39 Å². The molecule has 3 heteroatoms. The first-order valence-corrected chi connectivity index (χ1v) is 6.69. The minimum Gasteiger partial charge on any atom is -0.330 e. The van der Waals surface area contributed by atoms with Crippen molar-refractivity contribution in [2.45, 2.75) is 12.3 Å². The summed E-state index contributed by atoms with van der Waals surface area (Å²) in [5.74, 6) is -0.00206. The van der Waals surface area contributed by atoms with Gasteiger partial charge in [-0.1, -0.05) is 46.3 Å². The maximum absolute atomic E-state index is 13.2. The number of hydrogen-bond donors (Lipinski definition) is 1. The Balaban J connectivity index is 2.23. The molecule has 0 aliphatic carbocycles. The Morgan fingerprint density at radius 2 is 1.89 bits per heavy atom. The lowest BCUT2D eigenvalue weighted by Crippen LogP contribution is -2.15. The van der Waals surface area contributed by atoms with Crippen molar-refractivity contribution >= 4 is 15.9 Å². The second kappa shape index (κ2) is 6.12. The zero-order valence-corrected chi connectivity index (χ0v) is 11.5. The molecule has 0 fully saturated rings. The summed E-state index contributed by atoms with van der Waals surface area (Å²) < 4.78 is 14.2. The van der Waals surface area contributed by atoms with E-state index in [0.29, 0.717) is 6.54 Å². The third-order valence-corrected chi connectivity index (χ3v) is 3.72. The van der Waals surface area contributed by atoms with Gasteiger partial charge in [-0.3, -0.25) is 0 Å². The number of rotatable bonds is 4. The fraction of sp³-hybridized carbons (Fsp3) is 0.200. The molecule has 0 amide bonds. The fourth-order valence-corrected chi connectivity index (χ4v) is 2.68. The van der Waals surface area contributed by atoms with Crippen LogP contribution in [0.5, 0.6) is 0 Å². The van der Waals surface area contributed by atoms with Gasteiger partial charge in [-0.2, -0.15) is 0 Å². The first kappa shape index (κ1) is 13.2. The van der Waals surface area contributed by atoms with Gasteiger partial charge in [0, 0.05) is 10.4 Å². The van der Waals surface area contributed by atoms with E-state index in [0.717, 1.165) is 16.5 Å². The Labute approximate surface area is 115 Å². The first-order chi connectivity index (χ1) is 8.70. The molecule has 2 aromatic rings. The minimum absolute atomic E-state index is 0.197. The lowest BCUT2D eigenvalue weighted by molar-refractivity contribution is 0.620. The molecule has 2 rings (SSSR count). The lowest BCUT2D eigenvalue weighted by atomic mass is 9.92. The highest BCUT2D eigenvalue weighted by molar-refractivity contribution is 9.10. The van der Waals surface area contributed by atoms with Crippen molar-refractivity contribution in [3.8, 4) is 0 Å². The Morgan fingerprint density at radius 1 is 1.11 bits per heavy atom. The van der Waals surface area contributed by atoms with Gasteiger partial charge in [0.05, 0.1) is 0 Å². The van der Waals surface area contributed by atoms with E-state index in [1.165, 1.54) is 11.6 Å². The van der Waals surface area contributed by atoms with E-state index >= 15 is 0 Å². The molecule has 0 saturated heterocycles. The third-order valence-electron chi connectivity index (χ3n) is 3.00. The molecule has 0 aliphatic rings. The Morgan fingerprint density at radius 3 is 2.56 bits per heavy atom. The van der Waals surface area contributed by atoms with Gasteiger partial charge in [0.25, 0.3) is 0 Å². The lowest BCUT2D eigenvalue weighted by Gasteiger charge is -2.17. The standard InChI is InChI=1S/C15H15BrFN/c16-15-7-2-1-6-14(15)12(10-18)8-11-4-3-5-13(17)9-11/h1-7,9,12H,8,10,18H2. The molecular weight excluding hydrogens is 293 g/mol. The highest BCUT2D eigenvalue weighted by Gasteiger charge is 2.13. The predicted octanol–water partition coefficient (Wildman–Crippen LogP) is 3.87. The average Bonchev–Trinajstić information content (AvgIpc) is 2.37. The number of nitrogens with two attached hydrogens (primary N) is 1. The molecule has 0 heterocycles. The average molecular weight is 308 g/mol. The first-order valence-electron chi connectivity index (χ1n) is 5.89. The molecule has 0 aliphatic heterocycles. The molecule has 1 atom stereocenters. The highest BCUT2D eigenvalue weighted by atomic mass is 79.9. The Bertz CT molecular complexity index is 527. The van der Waals surface area contributed by atoms with Crippen molar-refractivity contribution in [1.82, 2.24) is 0 Å². The van der Waals surface area contributed by atoms with Gasteiger partial charge in [0.1, 0.15) is 5.82 Å². The summed E-state index contributed by atoms with van der Waals surface area (Å²) in [5, 5.41) is 0. The quantitative estimate of drug-likeness (QED) is 0.911. The smallest absolute Gasteiger partial charge is 0.123 e. The fourth-order valence-electron chi connectivity index (χ4n) is 2.07. The number of halogens is 2. The van der Waals surface area contributed by atoms with E-state index in [1.54, 1.807) is 12.1 Å². The van der Waals surface area contributed by atoms with E-state index in [4.69, 9.17) is 5.73 Å². The molecular formula is C15H15BrFN. The van der Waals surface area contributed by atoms with E-state index in [1.807, 2.05) is 24.3 Å². The maximum atomic E-state index is 13.2. The maximum Gasteiger partial charge on any atom is 0.123 e. The van der Waals surface area contributed by atoms with Crippen LogP contribution in [0.25, 0.3) is 0 Å². The van der Waals surface area contributed by atoms with Crippen molar-refractivity contribution in [2.75, 3.05) is 6.54 Å². The van der Waals surface area contributed by atoms with Crippen LogP contribution in [0, 0.1) is 5.82 Å². The Kier molecular flexibility index (Phi) is 4.50. The van der Waals surface area contributed by atoms with Crippen LogP contribution in [-0.4, -0.2) is 6.54 Å². The number of hydrogen-bond acceptors (Lipinski definition) is 1. The summed E-state index contributed by atoms with van der Waals surface area (Å²) in [5.41, 5.74) is 7.99. The molecule has 1 unspecified atom stereocenters. The second-order valence-electron chi connectivity index (χ2n) is 4.29. The molecule has 2 aromatic carbocycles. The zero-order chi connectivity index (χ0) is 13.0. The topological polar surface area (TPSA) is 26.0 Å². The molecule has 94 valence electrons. The van der Waals surface area contributed by atoms with Gasteiger partial charge in [-0.25, -0.2) is 4.39 Å².